The standard InChI is InChI=1S/C10H10FNO3/c1-2-15-10(14)12-9-4-3-7(6-13)5-8(9)11/h3-6H,2H2,1H3,(H,12,14). The Balaban J connectivity index is 2.78. The number of carbonyl (C=O) groups excluding carboxylic acids is 2. The van der Waals surface area contributed by atoms with Crippen LogP contribution in [0, 0.1) is 5.82 Å². The Hall–Kier alpha value is -1.91. The van der Waals surface area contributed by atoms with Gasteiger partial charge in [-0.1, -0.05) is 0 Å². The van der Waals surface area contributed by atoms with E-state index in [-0.39, 0.29) is 17.9 Å². The summed E-state index contributed by atoms with van der Waals surface area (Å²) in [5, 5.41) is 2.21. The van der Waals surface area contributed by atoms with Gasteiger partial charge in [0.15, 0.2) is 0 Å². The van der Waals surface area contributed by atoms with E-state index in [0.29, 0.717) is 6.29 Å². The maximum atomic E-state index is 13.2. The predicted octanol–water partition coefficient (Wildman–Crippen LogP) is 2.21. The highest BCUT2D eigenvalue weighted by atomic mass is 19.1. The third kappa shape index (κ3) is 3.05. The first kappa shape index (κ1) is 11.2. The van der Waals surface area contributed by atoms with Crippen molar-refractivity contribution in [3.8, 4) is 0 Å². The zero-order valence-corrected chi connectivity index (χ0v) is 8.12. The normalized spacial score (nSPS) is 9.47. The van der Waals surface area contributed by atoms with Gasteiger partial charge < -0.3 is 4.74 Å². The van der Waals surface area contributed by atoms with Crippen LogP contribution in [0.1, 0.15) is 17.3 Å². The first-order valence-corrected chi connectivity index (χ1v) is 4.36. The first-order valence-electron chi connectivity index (χ1n) is 4.36. The van der Waals surface area contributed by atoms with Crippen molar-refractivity contribution < 1.29 is 18.7 Å². The highest BCUT2D eigenvalue weighted by Gasteiger charge is 2.07. The van der Waals surface area contributed by atoms with Crippen LogP contribution in [0.3, 0.4) is 0 Å². The number of hydrogen-bond donors (Lipinski definition) is 1. The van der Waals surface area contributed by atoms with Gasteiger partial charge in [0, 0.05) is 5.56 Å². The number of halogens is 1. The molecule has 15 heavy (non-hydrogen) atoms. The van der Waals surface area contributed by atoms with Crippen LogP contribution in [0.15, 0.2) is 18.2 Å². The van der Waals surface area contributed by atoms with Gasteiger partial charge in [-0.3, -0.25) is 10.1 Å². The lowest BCUT2D eigenvalue weighted by molar-refractivity contribution is 0.112. The minimum atomic E-state index is -0.727. The molecule has 0 aliphatic heterocycles. The Morgan fingerprint density at radius 3 is 2.87 bits per heavy atom. The van der Waals surface area contributed by atoms with Crippen LogP contribution in [0.5, 0.6) is 0 Å². The molecule has 0 saturated heterocycles. The summed E-state index contributed by atoms with van der Waals surface area (Å²) in [6.45, 7) is 1.85. The number of anilines is 1. The Kier molecular flexibility index (Phi) is 3.79. The number of ether oxygens (including phenoxy) is 1. The topological polar surface area (TPSA) is 55.4 Å². The number of hydrogen-bond acceptors (Lipinski definition) is 3. The van der Waals surface area contributed by atoms with Crippen molar-refractivity contribution in [2.75, 3.05) is 11.9 Å². The van der Waals surface area contributed by atoms with E-state index in [9.17, 15) is 14.0 Å². The number of carbonyl (C=O) groups is 2. The molecule has 0 aliphatic carbocycles. The highest BCUT2D eigenvalue weighted by Crippen LogP contribution is 2.14. The second-order valence-electron chi connectivity index (χ2n) is 2.70. The number of benzene rings is 1. The maximum Gasteiger partial charge on any atom is 0.411 e. The molecule has 5 heteroatoms. The number of rotatable bonds is 3. The van der Waals surface area contributed by atoms with Gasteiger partial charge in [-0.05, 0) is 25.1 Å². The summed E-state index contributed by atoms with van der Waals surface area (Å²) in [6.07, 6.45) is -0.202. The second-order valence-corrected chi connectivity index (χ2v) is 2.70. The van der Waals surface area contributed by atoms with Gasteiger partial charge >= 0.3 is 6.09 Å². The minimum absolute atomic E-state index is 0.0148. The zero-order chi connectivity index (χ0) is 11.3. The summed E-state index contributed by atoms with van der Waals surface area (Å²) < 4.78 is 17.8. The highest BCUT2D eigenvalue weighted by molar-refractivity contribution is 5.85. The van der Waals surface area contributed by atoms with Crippen molar-refractivity contribution in [3.63, 3.8) is 0 Å². The molecule has 1 rings (SSSR count). The molecule has 0 aliphatic rings. The van der Waals surface area contributed by atoms with Crippen LogP contribution in [0.2, 0.25) is 0 Å². The molecule has 0 bridgehead atoms. The quantitative estimate of drug-likeness (QED) is 0.780. The fourth-order valence-electron chi connectivity index (χ4n) is 0.983. The summed E-state index contributed by atoms with van der Waals surface area (Å²) >= 11 is 0. The summed E-state index contributed by atoms with van der Waals surface area (Å²) in [5.41, 5.74) is 0.195. The van der Waals surface area contributed by atoms with Crippen molar-refractivity contribution in [3.05, 3.63) is 29.6 Å². The number of aldehydes is 1. The molecular weight excluding hydrogens is 201 g/mol. The molecule has 1 aromatic rings. The van der Waals surface area contributed by atoms with Gasteiger partial charge in [0.05, 0.1) is 12.3 Å². The molecule has 0 spiro atoms. The molecule has 0 aromatic heterocycles. The summed E-state index contributed by atoms with van der Waals surface area (Å²) in [5.74, 6) is -0.673. The minimum Gasteiger partial charge on any atom is -0.450 e. The van der Waals surface area contributed by atoms with Gasteiger partial charge in [-0.2, -0.15) is 0 Å². The Bertz CT molecular complexity index is 379. The fraction of sp³-hybridized carbons (Fsp3) is 0.200. The Morgan fingerprint density at radius 1 is 1.60 bits per heavy atom. The van der Waals surface area contributed by atoms with E-state index in [0.717, 1.165) is 6.07 Å². The summed E-state index contributed by atoms with van der Waals surface area (Å²) in [7, 11) is 0. The molecule has 4 nitrogen and oxygen atoms in total. The van der Waals surface area contributed by atoms with Crippen LogP contribution in [0.4, 0.5) is 14.9 Å². The lowest BCUT2D eigenvalue weighted by Gasteiger charge is -2.06. The van der Waals surface area contributed by atoms with E-state index < -0.39 is 11.9 Å². The largest absolute Gasteiger partial charge is 0.450 e. The van der Waals surface area contributed by atoms with Crippen LogP contribution in [-0.4, -0.2) is 19.0 Å². The van der Waals surface area contributed by atoms with E-state index >= 15 is 0 Å². The van der Waals surface area contributed by atoms with Crippen molar-refractivity contribution in [1.29, 1.82) is 0 Å². The molecule has 0 fully saturated rings. The van der Waals surface area contributed by atoms with Crippen molar-refractivity contribution >= 4 is 18.1 Å². The van der Waals surface area contributed by atoms with Gasteiger partial charge in [0.2, 0.25) is 0 Å². The van der Waals surface area contributed by atoms with Crippen LogP contribution in [-0.2, 0) is 4.74 Å². The number of nitrogens with one attached hydrogen (secondary N) is 1. The van der Waals surface area contributed by atoms with E-state index in [1.807, 2.05) is 0 Å². The third-order valence-electron chi connectivity index (χ3n) is 1.64. The molecule has 0 radical (unpaired) electrons. The first-order chi connectivity index (χ1) is 7.17. The Morgan fingerprint density at radius 2 is 2.33 bits per heavy atom. The molecule has 0 unspecified atom stereocenters. The van der Waals surface area contributed by atoms with Crippen LogP contribution < -0.4 is 5.32 Å². The summed E-state index contributed by atoms with van der Waals surface area (Å²) in [6, 6.07) is 3.74. The maximum absolute atomic E-state index is 13.2. The van der Waals surface area contributed by atoms with Gasteiger partial charge in [-0.15, -0.1) is 0 Å². The average molecular weight is 211 g/mol. The second kappa shape index (κ2) is 5.09. The summed E-state index contributed by atoms with van der Waals surface area (Å²) in [4.78, 5) is 21.3. The molecule has 80 valence electrons. The lowest BCUT2D eigenvalue weighted by Crippen LogP contribution is -2.14. The molecule has 1 aromatic carbocycles. The predicted molar refractivity (Wildman–Crippen MR) is 52.4 cm³/mol. The fourth-order valence-corrected chi connectivity index (χ4v) is 0.983. The van der Waals surface area contributed by atoms with Gasteiger partial charge in [0.25, 0.3) is 0 Å². The van der Waals surface area contributed by atoms with E-state index in [1.54, 1.807) is 6.92 Å². The van der Waals surface area contributed by atoms with E-state index in [4.69, 9.17) is 0 Å². The van der Waals surface area contributed by atoms with Gasteiger partial charge in [0.1, 0.15) is 12.1 Å². The van der Waals surface area contributed by atoms with Crippen molar-refractivity contribution in [2.24, 2.45) is 0 Å². The molecular formula is C10H10FNO3. The number of amides is 1. The third-order valence-corrected chi connectivity index (χ3v) is 1.64. The molecule has 0 heterocycles. The smallest absolute Gasteiger partial charge is 0.411 e. The SMILES string of the molecule is CCOC(=O)Nc1ccc(C=O)cc1F. The molecule has 1 N–H and O–H groups in total. The van der Waals surface area contributed by atoms with Crippen molar-refractivity contribution in [2.45, 2.75) is 6.92 Å². The van der Waals surface area contributed by atoms with E-state index in [2.05, 4.69) is 10.1 Å². The zero-order valence-electron chi connectivity index (χ0n) is 8.12. The van der Waals surface area contributed by atoms with Crippen LogP contribution in [0.25, 0.3) is 0 Å². The lowest BCUT2D eigenvalue weighted by atomic mass is 10.2. The van der Waals surface area contributed by atoms with Crippen molar-refractivity contribution in [1.82, 2.24) is 0 Å². The van der Waals surface area contributed by atoms with Crippen LogP contribution >= 0.6 is 0 Å². The molecule has 0 atom stereocenters. The monoisotopic (exact) mass is 211 g/mol. The Labute approximate surface area is 86.0 Å². The van der Waals surface area contributed by atoms with Gasteiger partial charge in [-0.25, -0.2) is 9.18 Å². The molecule has 1 amide bonds. The molecule has 0 saturated carbocycles. The average Bonchev–Trinajstić information content (AvgIpc) is 2.21. The van der Waals surface area contributed by atoms with E-state index in [1.165, 1.54) is 12.1 Å².